The van der Waals surface area contributed by atoms with Crippen LogP contribution in [0.1, 0.15) is 41.4 Å². The number of rotatable bonds is 5. The summed E-state index contributed by atoms with van der Waals surface area (Å²) in [6, 6.07) is 9.76. The molecule has 1 aliphatic rings. The molecule has 0 aliphatic carbocycles. The molecular weight excluding hydrogens is 368 g/mol. The van der Waals surface area contributed by atoms with Gasteiger partial charge in [0.05, 0.1) is 6.61 Å². The number of nitrogens with one attached hydrogen (secondary N) is 2. The molecule has 29 heavy (non-hydrogen) atoms. The number of carbonyl (C=O) groups excluding carboxylic acids is 2. The number of benzene rings is 1. The molecule has 0 unspecified atom stereocenters. The van der Waals surface area contributed by atoms with E-state index >= 15 is 0 Å². The second-order valence-corrected chi connectivity index (χ2v) is 7.29. The molecule has 154 valence electrons. The number of pyridine rings is 1. The Hall–Kier alpha value is -3.09. The summed E-state index contributed by atoms with van der Waals surface area (Å²) in [5, 5.41) is 6.35. The van der Waals surface area contributed by atoms with E-state index in [1.54, 1.807) is 24.1 Å². The Morgan fingerprint density at radius 1 is 1.10 bits per heavy atom. The molecular formula is C22H28N4O3. The van der Waals surface area contributed by atoms with Crippen LogP contribution in [0.15, 0.2) is 36.5 Å². The number of likely N-dealkylation sites (tertiary alicyclic amines) is 1. The van der Waals surface area contributed by atoms with Gasteiger partial charge in [-0.1, -0.05) is 6.07 Å². The molecule has 0 spiro atoms. The third kappa shape index (κ3) is 5.47. The van der Waals surface area contributed by atoms with Crippen molar-refractivity contribution in [3.8, 4) is 0 Å². The summed E-state index contributed by atoms with van der Waals surface area (Å²) >= 11 is 0. The summed E-state index contributed by atoms with van der Waals surface area (Å²) in [7, 11) is 0. The molecule has 0 atom stereocenters. The van der Waals surface area contributed by atoms with Crippen molar-refractivity contribution in [3.63, 3.8) is 0 Å². The molecule has 7 heteroatoms. The van der Waals surface area contributed by atoms with Gasteiger partial charge >= 0.3 is 6.09 Å². The molecule has 1 aromatic carbocycles. The predicted octanol–water partition coefficient (Wildman–Crippen LogP) is 3.79. The number of carbonyl (C=O) groups is 2. The number of anilines is 2. The zero-order valence-corrected chi connectivity index (χ0v) is 17.2. The van der Waals surface area contributed by atoms with Crippen molar-refractivity contribution in [1.82, 2.24) is 15.2 Å². The lowest BCUT2D eigenvalue weighted by atomic mass is 10.1. The number of aromatic nitrogens is 1. The molecule has 0 bridgehead atoms. The van der Waals surface area contributed by atoms with Gasteiger partial charge in [0.1, 0.15) is 5.69 Å². The van der Waals surface area contributed by atoms with Crippen LogP contribution in [0.5, 0.6) is 0 Å². The first-order chi connectivity index (χ1) is 14.0. The van der Waals surface area contributed by atoms with Crippen molar-refractivity contribution in [3.05, 3.63) is 53.3 Å². The Labute approximate surface area is 171 Å². The van der Waals surface area contributed by atoms with Crippen LogP contribution in [-0.2, 0) is 4.74 Å². The van der Waals surface area contributed by atoms with Crippen LogP contribution in [0, 0.1) is 13.8 Å². The van der Waals surface area contributed by atoms with Crippen molar-refractivity contribution in [2.45, 2.75) is 39.7 Å². The first-order valence-electron chi connectivity index (χ1n) is 9.99. The highest BCUT2D eigenvalue weighted by Crippen LogP contribution is 2.20. The Morgan fingerprint density at radius 3 is 2.52 bits per heavy atom. The Balaban J connectivity index is 1.57. The molecule has 3 rings (SSSR count). The maximum absolute atomic E-state index is 12.6. The van der Waals surface area contributed by atoms with E-state index in [0.717, 1.165) is 11.4 Å². The molecule has 0 saturated carbocycles. The lowest BCUT2D eigenvalue weighted by Gasteiger charge is -2.31. The first-order valence-corrected chi connectivity index (χ1v) is 9.99. The fraction of sp³-hybridized carbons (Fsp3) is 0.409. The van der Waals surface area contributed by atoms with Gasteiger partial charge in [-0.15, -0.1) is 0 Å². The second kappa shape index (κ2) is 9.41. The third-order valence-corrected chi connectivity index (χ3v) is 5.14. The van der Waals surface area contributed by atoms with E-state index in [4.69, 9.17) is 4.74 Å². The van der Waals surface area contributed by atoms with Crippen molar-refractivity contribution < 1.29 is 14.3 Å². The molecule has 1 fully saturated rings. The largest absolute Gasteiger partial charge is 0.450 e. The quantitative estimate of drug-likeness (QED) is 0.803. The van der Waals surface area contributed by atoms with E-state index in [1.165, 1.54) is 11.1 Å². The maximum atomic E-state index is 12.6. The number of hydrogen-bond acceptors (Lipinski definition) is 5. The lowest BCUT2D eigenvalue weighted by molar-refractivity contribution is 0.0856. The van der Waals surface area contributed by atoms with Gasteiger partial charge in [-0.25, -0.2) is 4.79 Å². The normalized spacial score (nSPS) is 14.4. The van der Waals surface area contributed by atoms with E-state index in [-0.39, 0.29) is 18.0 Å². The lowest BCUT2D eigenvalue weighted by Crippen LogP contribution is -2.46. The van der Waals surface area contributed by atoms with Crippen molar-refractivity contribution >= 4 is 23.4 Å². The van der Waals surface area contributed by atoms with Crippen molar-refractivity contribution in [2.75, 3.05) is 25.0 Å². The monoisotopic (exact) mass is 396 g/mol. The number of amides is 2. The van der Waals surface area contributed by atoms with E-state index < -0.39 is 0 Å². The molecule has 1 aliphatic heterocycles. The van der Waals surface area contributed by atoms with Gasteiger partial charge in [0, 0.05) is 36.7 Å². The summed E-state index contributed by atoms with van der Waals surface area (Å²) in [6.45, 7) is 7.45. The molecule has 2 amide bonds. The number of hydrogen-bond donors (Lipinski definition) is 2. The maximum Gasteiger partial charge on any atom is 0.409 e. The summed E-state index contributed by atoms with van der Waals surface area (Å²) in [6.07, 6.45) is 2.74. The minimum absolute atomic E-state index is 0.0198. The molecule has 0 radical (unpaired) electrons. The highest BCUT2D eigenvalue weighted by molar-refractivity contribution is 5.93. The van der Waals surface area contributed by atoms with Crippen LogP contribution in [-0.4, -0.2) is 47.6 Å². The SMILES string of the molecule is CCOC(=O)N1CCC(NC(=O)c2cc(Nc3ccc(C)c(C)c3)ccn2)CC1. The predicted molar refractivity (Wildman–Crippen MR) is 113 cm³/mol. The molecule has 1 saturated heterocycles. The van der Waals surface area contributed by atoms with E-state index in [2.05, 4.69) is 41.6 Å². The second-order valence-electron chi connectivity index (χ2n) is 7.29. The van der Waals surface area contributed by atoms with E-state index in [0.29, 0.717) is 38.2 Å². The zero-order valence-electron chi connectivity index (χ0n) is 17.2. The molecule has 7 nitrogen and oxygen atoms in total. The Bertz CT molecular complexity index is 876. The van der Waals surface area contributed by atoms with Crippen LogP contribution < -0.4 is 10.6 Å². The first kappa shape index (κ1) is 20.6. The van der Waals surface area contributed by atoms with Gasteiger partial charge in [-0.05, 0) is 69.0 Å². The molecule has 2 N–H and O–H groups in total. The van der Waals surface area contributed by atoms with Gasteiger partial charge in [-0.3, -0.25) is 9.78 Å². The van der Waals surface area contributed by atoms with Crippen molar-refractivity contribution in [1.29, 1.82) is 0 Å². The van der Waals surface area contributed by atoms with Crippen LogP contribution >= 0.6 is 0 Å². The van der Waals surface area contributed by atoms with Gasteiger partial charge in [0.2, 0.25) is 0 Å². The van der Waals surface area contributed by atoms with Gasteiger partial charge in [0.15, 0.2) is 0 Å². The van der Waals surface area contributed by atoms with Crippen molar-refractivity contribution in [2.24, 2.45) is 0 Å². The van der Waals surface area contributed by atoms with E-state index in [9.17, 15) is 9.59 Å². The summed E-state index contributed by atoms with van der Waals surface area (Å²) < 4.78 is 5.03. The fourth-order valence-electron chi connectivity index (χ4n) is 3.30. The number of ether oxygens (including phenoxy) is 1. The highest BCUT2D eigenvalue weighted by atomic mass is 16.6. The smallest absolute Gasteiger partial charge is 0.409 e. The average molecular weight is 396 g/mol. The van der Waals surface area contributed by atoms with Crippen LogP contribution in [0.2, 0.25) is 0 Å². The van der Waals surface area contributed by atoms with Gasteiger partial charge in [-0.2, -0.15) is 0 Å². The Morgan fingerprint density at radius 2 is 1.83 bits per heavy atom. The zero-order chi connectivity index (χ0) is 20.8. The highest BCUT2D eigenvalue weighted by Gasteiger charge is 2.25. The average Bonchev–Trinajstić information content (AvgIpc) is 2.72. The van der Waals surface area contributed by atoms with E-state index in [1.807, 2.05) is 12.1 Å². The summed E-state index contributed by atoms with van der Waals surface area (Å²) in [5.74, 6) is -0.205. The third-order valence-electron chi connectivity index (χ3n) is 5.14. The minimum Gasteiger partial charge on any atom is -0.450 e. The van der Waals surface area contributed by atoms with Crippen LogP contribution in [0.4, 0.5) is 16.2 Å². The number of piperidine rings is 1. The minimum atomic E-state index is -0.288. The number of nitrogens with zero attached hydrogens (tertiary/aromatic N) is 2. The Kier molecular flexibility index (Phi) is 6.69. The summed E-state index contributed by atoms with van der Waals surface area (Å²) in [4.78, 5) is 30.3. The molecule has 1 aromatic heterocycles. The van der Waals surface area contributed by atoms with Gasteiger partial charge in [0.25, 0.3) is 5.91 Å². The van der Waals surface area contributed by atoms with Gasteiger partial charge < -0.3 is 20.3 Å². The summed E-state index contributed by atoms with van der Waals surface area (Å²) in [5.41, 5.74) is 4.59. The topological polar surface area (TPSA) is 83.6 Å². The molecule has 2 heterocycles. The van der Waals surface area contributed by atoms with Crippen LogP contribution in [0.3, 0.4) is 0 Å². The fourth-order valence-corrected chi connectivity index (χ4v) is 3.30. The van der Waals surface area contributed by atoms with Crippen LogP contribution in [0.25, 0.3) is 0 Å². The number of aryl methyl sites for hydroxylation is 2. The molecule has 2 aromatic rings. The standard InChI is InChI=1S/C22H28N4O3/c1-4-29-22(28)26-11-8-17(9-12-26)25-21(27)20-14-19(7-10-23-20)24-18-6-5-15(2)16(3)13-18/h5-7,10,13-14,17H,4,8-9,11-12H2,1-3H3,(H,23,24)(H,25,27).